The van der Waals surface area contributed by atoms with Crippen LogP contribution in [0.2, 0.25) is 0 Å². The second-order valence-electron chi connectivity index (χ2n) is 3.86. The topological polar surface area (TPSA) is 67.6 Å². The SMILES string of the molecule is CCNCC(CC/C=C/C(=O)OCC)N(C)N. The summed E-state index contributed by atoms with van der Waals surface area (Å²) in [6.07, 6.45) is 5.04. The predicted molar refractivity (Wildman–Crippen MR) is 69.3 cm³/mol. The molecule has 100 valence electrons. The van der Waals surface area contributed by atoms with Crippen molar-refractivity contribution < 1.29 is 9.53 Å². The number of nitrogens with two attached hydrogens (primary N) is 1. The first-order chi connectivity index (χ1) is 8.11. The van der Waals surface area contributed by atoms with Gasteiger partial charge in [0.15, 0.2) is 0 Å². The number of likely N-dealkylation sites (N-methyl/N-ethyl adjacent to an activating group) is 2. The van der Waals surface area contributed by atoms with E-state index >= 15 is 0 Å². The number of carbonyl (C=O) groups excluding carboxylic acids is 1. The lowest BCUT2D eigenvalue weighted by Gasteiger charge is -2.23. The van der Waals surface area contributed by atoms with Gasteiger partial charge in [-0.05, 0) is 26.3 Å². The molecular weight excluding hydrogens is 218 g/mol. The number of hydrogen-bond donors (Lipinski definition) is 2. The van der Waals surface area contributed by atoms with Crippen molar-refractivity contribution in [1.29, 1.82) is 0 Å². The average molecular weight is 243 g/mol. The molecule has 0 saturated carbocycles. The van der Waals surface area contributed by atoms with Gasteiger partial charge in [-0.3, -0.25) is 5.84 Å². The summed E-state index contributed by atoms with van der Waals surface area (Å²) in [6, 6.07) is 0.279. The van der Waals surface area contributed by atoms with Crippen LogP contribution in [-0.4, -0.2) is 43.8 Å². The Morgan fingerprint density at radius 3 is 2.76 bits per heavy atom. The summed E-state index contributed by atoms with van der Waals surface area (Å²) in [5.74, 6) is 5.46. The van der Waals surface area contributed by atoms with E-state index in [-0.39, 0.29) is 12.0 Å². The van der Waals surface area contributed by atoms with Gasteiger partial charge in [0.1, 0.15) is 0 Å². The van der Waals surface area contributed by atoms with Crippen molar-refractivity contribution >= 4 is 5.97 Å². The van der Waals surface area contributed by atoms with Crippen molar-refractivity contribution in [3.8, 4) is 0 Å². The maximum absolute atomic E-state index is 11.0. The van der Waals surface area contributed by atoms with E-state index in [2.05, 4.69) is 12.2 Å². The Morgan fingerprint density at radius 1 is 1.53 bits per heavy atom. The van der Waals surface area contributed by atoms with Crippen LogP contribution in [0.5, 0.6) is 0 Å². The fraction of sp³-hybridized carbons (Fsp3) is 0.750. The molecule has 0 aromatic carbocycles. The lowest BCUT2D eigenvalue weighted by atomic mass is 10.1. The molecule has 17 heavy (non-hydrogen) atoms. The molecule has 0 amide bonds. The first-order valence-electron chi connectivity index (χ1n) is 6.13. The summed E-state index contributed by atoms with van der Waals surface area (Å²) in [5.41, 5.74) is 0. The number of hydrazine groups is 1. The Hall–Kier alpha value is -0.910. The van der Waals surface area contributed by atoms with Crippen LogP contribution in [0.3, 0.4) is 0 Å². The van der Waals surface area contributed by atoms with Crippen LogP contribution in [-0.2, 0) is 9.53 Å². The van der Waals surface area contributed by atoms with Crippen molar-refractivity contribution in [1.82, 2.24) is 10.3 Å². The van der Waals surface area contributed by atoms with E-state index < -0.39 is 0 Å². The van der Waals surface area contributed by atoms with Gasteiger partial charge in [-0.25, -0.2) is 9.80 Å². The molecule has 0 aromatic heterocycles. The van der Waals surface area contributed by atoms with E-state index in [4.69, 9.17) is 10.6 Å². The van der Waals surface area contributed by atoms with Crippen LogP contribution in [0.25, 0.3) is 0 Å². The highest BCUT2D eigenvalue weighted by Gasteiger charge is 2.09. The average Bonchev–Trinajstić information content (AvgIpc) is 2.28. The summed E-state index contributed by atoms with van der Waals surface area (Å²) >= 11 is 0. The van der Waals surface area contributed by atoms with Crippen LogP contribution < -0.4 is 11.2 Å². The summed E-state index contributed by atoms with van der Waals surface area (Å²) in [4.78, 5) is 11.0. The van der Waals surface area contributed by atoms with Crippen LogP contribution in [0.15, 0.2) is 12.2 Å². The Kier molecular flexibility index (Phi) is 9.71. The highest BCUT2D eigenvalue weighted by Crippen LogP contribution is 2.02. The van der Waals surface area contributed by atoms with Gasteiger partial charge in [0.05, 0.1) is 6.61 Å². The quantitative estimate of drug-likeness (QED) is 0.270. The molecule has 0 spiro atoms. The number of allylic oxidation sites excluding steroid dienone is 1. The van der Waals surface area contributed by atoms with E-state index in [1.807, 2.05) is 13.1 Å². The van der Waals surface area contributed by atoms with Gasteiger partial charge in [0, 0.05) is 25.7 Å². The van der Waals surface area contributed by atoms with Gasteiger partial charge in [-0.15, -0.1) is 0 Å². The smallest absolute Gasteiger partial charge is 0.330 e. The number of hydrogen-bond acceptors (Lipinski definition) is 5. The number of esters is 1. The molecule has 0 aliphatic rings. The van der Waals surface area contributed by atoms with Crippen molar-refractivity contribution in [3.63, 3.8) is 0 Å². The van der Waals surface area contributed by atoms with Crippen LogP contribution in [0.1, 0.15) is 26.7 Å². The standard InChI is InChI=1S/C12H25N3O2/c1-4-14-10-11(15(3)13)8-6-7-9-12(16)17-5-2/h7,9,11,14H,4-6,8,10,13H2,1-3H3/b9-7+. The monoisotopic (exact) mass is 243 g/mol. The second kappa shape index (κ2) is 10.3. The van der Waals surface area contributed by atoms with E-state index in [0.29, 0.717) is 6.61 Å². The molecule has 0 fully saturated rings. The van der Waals surface area contributed by atoms with Crippen molar-refractivity contribution in [2.75, 3.05) is 26.7 Å². The van der Waals surface area contributed by atoms with Gasteiger partial charge in [-0.1, -0.05) is 13.0 Å². The Morgan fingerprint density at radius 2 is 2.24 bits per heavy atom. The zero-order valence-corrected chi connectivity index (χ0v) is 11.1. The zero-order chi connectivity index (χ0) is 13.1. The third kappa shape index (κ3) is 8.85. The fourth-order valence-corrected chi connectivity index (χ4v) is 1.42. The number of nitrogens with zero attached hydrogens (tertiary/aromatic N) is 1. The summed E-state index contributed by atoms with van der Waals surface area (Å²) < 4.78 is 4.79. The molecule has 0 heterocycles. The fourth-order valence-electron chi connectivity index (χ4n) is 1.42. The molecule has 0 aliphatic carbocycles. The summed E-state index contributed by atoms with van der Waals surface area (Å²) in [6.45, 7) is 6.06. The normalized spacial score (nSPS) is 13.2. The van der Waals surface area contributed by atoms with Crippen LogP contribution in [0, 0.1) is 0 Å². The van der Waals surface area contributed by atoms with Gasteiger partial charge in [-0.2, -0.15) is 0 Å². The highest BCUT2D eigenvalue weighted by molar-refractivity contribution is 5.81. The molecule has 3 N–H and O–H groups in total. The second-order valence-corrected chi connectivity index (χ2v) is 3.86. The highest BCUT2D eigenvalue weighted by atomic mass is 16.5. The van der Waals surface area contributed by atoms with E-state index in [1.54, 1.807) is 11.9 Å². The van der Waals surface area contributed by atoms with E-state index in [1.165, 1.54) is 6.08 Å². The molecule has 0 radical (unpaired) electrons. The number of rotatable bonds is 9. The zero-order valence-electron chi connectivity index (χ0n) is 11.1. The molecule has 0 saturated heterocycles. The molecule has 1 atom stereocenters. The largest absolute Gasteiger partial charge is 0.463 e. The number of nitrogens with one attached hydrogen (secondary N) is 1. The predicted octanol–water partition coefficient (Wildman–Crippen LogP) is 0.670. The first-order valence-corrected chi connectivity index (χ1v) is 6.13. The van der Waals surface area contributed by atoms with E-state index in [9.17, 15) is 4.79 Å². The van der Waals surface area contributed by atoms with Crippen molar-refractivity contribution in [2.24, 2.45) is 5.84 Å². The molecule has 0 aromatic rings. The minimum absolute atomic E-state index is 0.279. The minimum Gasteiger partial charge on any atom is -0.463 e. The van der Waals surface area contributed by atoms with Crippen molar-refractivity contribution in [2.45, 2.75) is 32.7 Å². The lowest BCUT2D eigenvalue weighted by molar-refractivity contribution is -0.137. The summed E-state index contributed by atoms with van der Waals surface area (Å²) in [5, 5.41) is 4.97. The van der Waals surface area contributed by atoms with Gasteiger partial charge >= 0.3 is 5.97 Å². The molecule has 1 unspecified atom stereocenters. The molecule has 5 nitrogen and oxygen atoms in total. The van der Waals surface area contributed by atoms with Crippen molar-refractivity contribution in [3.05, 3.63) is 12.2 Å². The Labute approximate surface area is 104 Å². The molecular formula is C12H25N3O2. The summed E-state index contributed by atoms with van der Waals surface area (Å²) in [7, 11) is 1.86. The molecule has 0 bridgehead atoms. The maximum atomic E-state index is 11.0. The molecule has 0 aliphatic heterocycles. The third-order valence-electron chi connectivity index (χ3n) is 2.41. The Balaban J connectivity index is 3.84. The van der Waals surface area contributed by atoms with Crippen LogP contribution >= 0.6 is 0 Å². The first kappa shape index (κ1) is 16.1. The third-order valence-corrected chi connectivity index (χ3v) is 2.41. The van der Waals surface area contributed by atoms with Gasteiger partial charge in [0.2, 0.25) is 0 Å². The minimum atomic E-state index is -0.281. The maximum Gasteiger partial charge on any atom is 0.330 e. The molecule has 0 rings (SSSR count). The van der Waals surface area contributed by atoms with E-state index in [0.717, 1.165) is 25.9 Å². The number of ether oxygens (including phenoxy) is 1. The van der Waals surface area contributed by atoms with Crippen LogP contribution in [0.4, 0.5) is 0 Å². The Bertz CT molecular complexity index is 230. The lowest BCUT2D eigenvalue weighted by Crippen LogP contribution is -2.43. The van der Waals surface area contributed by atoms with Gasteiger partial charge in [0.25, 0.3) is 0 Å². The molecule has 5 heteroatoms. The van der Waals surface area contributed by atoms with Gasteiger partial charge < -0.3 is 10.1 Å². The number of carbonyl (C=O) groups is 1.